The Bertz CT molecular complexity index is 1110. The molecule has 3 aromatic rings. The third-order valence-corrected chi connectivity index (χ3v) is 5.72. The third kappa shape index (κ3) is 3.90. The number of ether oxygens (including phenoxy) is 1. The first-order chi connectivity index (χ1) is 14.0. The summed E-state index contributed by atoms with van der Waals surface area (Å²) in [5.74, 6) is 1.81. The van der Waals surface area contributed by atoms with Gasteiger partial charge in [-0.1, -0.05) is 0 Å². The molecule has 1 N–H and O–H groups in total. The van der Waals surface area contributed by atoms with Gasteiger partial charge in [-0.2, -0.15) is 5.10 Å². The summed E-state index contributed by atoms with van der Waals surface area (Å²) in [6, 6.07) is 7.47. The molecule has 1 amide bonds. The van der Waals surface area contributed by atoms with Crippen molar-refractivity contribution in [2.75, 3.05) is 12.4 Å². The monoisotopic (exact) mass is 395 g/mol. The molecule has 2 heterocycles. The molecule has 1 aromatic carbocycles. The van der Waals surface area contributed by atoms with Crippen LogP contribution < -0.4 is 15.7 Å². The second kappa shape index (κ2) is 7.73. The van der Waals surface area contributed by atoms with E-state index in [9.17, 15) is 9.59 Å². The summed E-state index contributed by atoms with van der Waals surface area (Å²) < 4.78 is 12.5. The van der Waals surface area contributed by atoms with E-state index in [0.29, 0.717) is 35.1 Å². The maximum absolute atomic E-state index is 12.5. The largest absolute Gasteiger partial charge is 0.497 e. The van der Waals surface area contributed by atoms with E-state index in [-0.39, 0.29) is 18.4 Å². The predicted molar refractivity (Wildman–Crippen MR) is 110 cm³/mol. The first kappa shape index (κ1) is 19.2. The SMILES string of the molecule is COc1ccc2c(C)c(CCC(=O)Nc3ccnn3C(C)C3CC3)c(=O)oc2c1. The van der Waals surface area contributed by atoms with E-state index in [1.807, 2.05) is 23.7 Å². The summed E-state index contributed by atoms with van der Waals surface area (Å²) >= 11 is 0. The first-order valence-electron chi connectivity index (χ1n) is 9.91. The average molecular weight is 395 g/mol. The minimum absolute atomic E-state index is 0.150. The Morgan fingerprint density at radius 1 is 1.38 bits per heavy atom. The van der Waals surface area contributed by atoms with Crippen LogP contribution in [0.3, 0.4) is 0 Å². The molecule has 0 saturated heterocycles. The van der Waals surface area contributed by atoms with Gasteiger partial charge < -0.3 is 14.5 Å². The number of amides is 1. The van der Waals surface area contributed by atoms with E-state index < -0.39 is 5.63 Å². The van der Waals surface area contributed by atoms with Crippen molar-refractivity contribution in [1.29, 1.82) is 0 Å². The Balaban J connectivity index is 1.48. The normalized spacial score (nSPS) is 14.7. The fourth-order valence-electron chi connectivity index (χ4n) is 3.75. The molecule has 7 heteroatoms. The Morgan fingerprint density at radius 3 is 2.90 bits per heavy atom. The van der Waals surface area contributed by atoms with Crippen LogP contribution in [0.5, 0.6) is 5.75 Å². The minimum atomic E-state index is -0.413. The summed E-state index contributed by atoms with van der Waals surface area (Å²) in [6.07, 6.45) is 4.62. The minimum Gasteiger partial charge on any atom is -0.497 e. The van der Waals surface area contributed by atoms with Crippen molar-refractivity contribution in [2.45, 2.75) is 45.6 Å². The number of fused-ring (bicyclic) bond motifs is 1. The Morgan fingerprint density at radius 2 is 2.17 bits per heavy atom. The highest BCUT2D eigenvalue weighted by Gasteiger charge is 2.30. The van der Waals surface area contributed by atoms with Crippen LogP contribution in [-0.4, -0.2) is 22.8 Å². The molecule has 7 nitrogen and oxygen atoms in total. The molecule has 0 bridgehead atoms. The molecular formula is C22H25N3O4. The summed E-state index contributed by atoms with van der Waals surface area (Å²) in [7, 11) is 1.57. The lowest BCUT2D eigenvalue weighted by Crippen LogP contribution is -2.20. The van der Waals surface area contributed by atoms with Crippen LogP contribution in [0.15, 0.2) is 39.7 Å². The number of carbonyl (C=O) groups is 1. The molecular weight excluding hydrogens is 370 g/mol. The number of anilines is 1. The number of nitrogens with zero attached hydrogens (tertiary/aromatic N) is 2. The summed E-state index contributed by atoms with van der Waals surface area (Å²) in [5, 5.41) is 8.12. The standard InChI is InChI=1S/C22H25N3O4/c1-13-17-7-6-16(28-3)12-19(17)29-22(27)18(13)8-9-21(26)24-20-10-11-23-25(20)14(2)15-4-5-15/h6-7,10-12,14-15H,4-5,8-9H2,1-3H3,(H,24,26). The molecule has 1 unspecified atom stereocenters. The molecule has 0 spiro atoms. The van der Waals surface area contributed by atoms with E-state index in [4.69, 9.17) is 9.15 Å². The third-order valence-electron chi connectivity index (χ3n) is 5.72. The highest BCUT2D eigenvalue weighted by molar-refractivity contribution is 5.90. The lowest BCUT2D eigenvalue weighted by molar-refractivity contribution is -0.116. The quantitative estimate of drug-likeness (QED) is 0.614. The number of methoxy groups -OCH3 is 1. The van der Waals surface area contributed by atoms with Crippen LogP contribution in [0.2, 0.25) is 0 Å². The van der Waals surface area contributed by atoms with Crippen LogP contribution in [0.25, 0.3) is 11.0 Å². The molecule has 0 radical (unpaired) electrons. The summed E-state index contributed by atoms with van der Waals surface area (Å²) in [4.78, 5) is 25.0. The topological polar surface area (TPSA) is 86.4 Å². The van der Waals surface area contributed by atoms with E-state index in [0.717, 1.165) is 10.9 Å². The lowest BCUT2D eigenvalue weighted by Gasteiger charge is -2.15. The van der Waals surface area contributed by atoms with Crippen LogP contribution in [0.4, 0.5) is 5.82 Å². The van der Waals surface area contributed by atoms with Gasteiger partial charge in [0, 0.05) is 29.5 Å². The van der Waals surface area contributed by atoms with Gasteiger partial charge in [-0.25, -0.2) is 9.48 Å². The van der Waals surface area contributed by atoms with Gasteiger partial charge in [0.15, 0.2) is 0 Å². The van der Waals surface area contributed by atoms with Crippen molar-refractivity contribution in [3.05, 3.63) is 52.0 Å². The second-order valence-electron chi connectivity index (χ2n) is 7.64. The molecule has 1 atom stereocenters. The second-order valence-corrected chi connectivity index (χ2v) is 7.64. The van der Waals surface area contributed by atoms with Gasteiger partial charge in [-0.05, 0) is 56.7 Å². The number of rotatable bonds is 7. The number of benzene rings is 1. The van der Waals surface area contributed by atoms with Crippen molar-refractivity contribution in [1.82, 2.24) is 9.78 Å². The molecule has 1 fully saturated rings. The van der Waals surface area contributed by atoms with Crippen molar-refractivity contribution in [3.63, 3.8) is 0 Å². The van der Waals surface area contributed by atoms with E-state index >= 15 is 0 Å². The van der Waals surface area contributed by atoms with Gasteiger partial charge in [-0.15, -0.1) is 0 Å². The number of aromatic nitrogens is 2. The van der Waals surface area contributed by atoms with Crippen molar-refractivity contribution >= 4 is 22.7 Å². The van der Waals surface area contributed by atoms with Crippen LogP contribution in [-0.2, 0) is 11.2 Å². The molecule has 2 aromatic heterocycles. The molecule has 0 aliphatic heterocycles. The zero-order valence-corrected chi connectivity index (χ0v) is 16.9. The van der Waals surface area contributed by atoms with E-state index in [2.05, 4.69) is 17.3 Å². The summed E-state index contributed by atoms with van der Waals surface area (Å²) in [5.41, 5.74) is 1.43. The maximum atomic E-state index is 12.5. The molecule has 1 aliphatic carbocycles. The van der Waals surface area contributed by atoms with Gasteiger partial charge in [0.25, 0.3) is 0 Å². The molecule has 4 rings (SSSR count). The van der Waals surface area contributed by atoms with Gasteiger partial charge in [0.2, 0.25) is 5.91 Å². The number of carbonyl (C=O) groups excluding carboxylic acids is 1. The zero-order valence-electron chi connectivity index (χ0n) is 16.9. The van der Waals surface area contributed by atoms with Gasteiger partial charge in [0.1, 0.15) is 17.2 Å². The van der Waals surface area contributed by atoms with Crippen LogP contribution in [0.1, 0.15) is 43.4 Å². The molecule has 1 saturated carbocycles. The Kier molecular flexibility index (Phi) is 5.13. The smallest absolute Gasteiger partial charge is 0.339 e. The van der Waals surface area contributed by atoms with Crippen LogP contribution in [0, 0.1) is 12.8 Å². The zero-order chi connectivity index (χ0) is 20.5. The van der Waals surface area contributed by atoms with E-state index in [1.165, 1.54) is 12.8 Å². The number of hydrogen-bond acceptors (Lipinski definition) is 5. The highest BCUT2D eigenvalue weighted by Crippen LogP contribution is 2.40. The van der Waals surface area contributed by atoms with Crippen molar-refractivity contribution in [3.8, 4) is 5.75 Å². The predicted octanol–water partition coefficient (Wildman–Crippen LogP) is 3.85. The number of hydrogen-bond donors (Lipinski definition) is 1. The maximum Gasteiger partial charge on any atom is 0.339 e. The first-order valence-corrected chi connectivity index (χ1v) is 9.91. The van der Waals surface area contributed by atoms with E-state index in [1.54, 1.807) is 25.4 Å². The Hall–Kier alpha value is -3.09. The Labute approximate surface area is 168 Å². The lowest BCUT2D eigenvalue weighted by atomic mass is 10.0. The highest BCUT2D eigenvalue weighted by atomic mass is 16.5. The summed E-state index contributed by atoms with van der Waals surface area (Å²) in [6.45, 7) is 4.00. The van der Waals surface area contributed by atoms with Crippen molar-refractivity contribution < 1.29 is 13.9 Å². The van der Waals surface area contributed by atoms with Gasteiger partial charge in [0.05, 0.1) is 19.3 Å². The fourth-order valence-corrected chi connectivity index (χ4v) is 3.75. The van der Waals surface area contributed by atoms with Gasteiger partial charge >= 0.3 is 5.63 Å². The molecule has 29 heavy (non-hydrogen) atoms. The number of aryl methyl sites for hydroxylation is 1. The number of nitrogens with one attached hydrogen (secondary N) is 1. The molecule has 1 aliphatic rings. The van der Waals surface area contributed by atoms with Crippen molar-refractivity contribution in [2.24, 2.45) is 5.92 Å². The molecule has 152 valence electrons. The van der Waals surface area contributed by atoms with Crippen LogP contribution >= 0.6 is 0 Å². The average Bonchev–Trinajstić information content (AvgIpc) is 3.46. The van der Waals surface area contributed by atoms with Gasteiger partial charge in [-0.3, -0.25) is 4.79 Å². The fraction of sp³-hybridized carbons (Fsp3) is 0.409.